The predicted octanol–water partition coefficient (Wildman–Crippen LogP) is 0.836. The van der Waals surface area contributed by atoms with Crippen molar-refractivity contribution < 1.29 is 19.4 Å². The summed E-state index contributed by atoms with van der Waals surface area (Å²) in [7, 11) is 0. The van der Waals surface area contributed by atoms with E-state index in [0.717, 1.165) is 5.01 Å². The van der Waals surface area contributed by atoms with Crippen molar-refractivity contribution in [2.45, 2.75) is 6.42 Å². The van der Waals surface area contributed by atoms with Gasteiger partial charge in [0.2, 0.25) is 0 Å². The van der Waals surface area contributed by atoms with Crippen LogP contribution in [-0.4, -0.2) is 28.7 Å². The molecule has 0 aliphatic carbocycles. The normalized spacial score (nSPS) is 9.56. The summed E-state index contributed by atoms with van der Waals surface area (Å²) in [6, 6.07) is 8.40. The average molecular weight is 224 g/mol. The fraction of sp³-hybridized carbons (Fsp3) is 0.200. The van der Waals surface area contributed by atoms with E-state index in [9.17, 15) is 9.59 Å². The van der Waals surface area contributed by atoms with E-state index in [4.69, 9.17) is 15.7 Å². The number of aliphatic carboxylic acids is 1. The van der Waals surface area contributed by atoms with Crippen molar-refractivity contribution in [1.29, 1.82) is 0 Å². The molecule has 0 heterocycles. The average Bonchev–Trinajstić information content (AvgIpc) is 2.27. The number of benzene rings is 1. The molecule has 3 N–H and O–H groups in total. The second-order valence-corrected chi connectivity index (χ2v) is 3.02. The van der Waals surface area contributed by atoms with Crippen LogP contribution in [0.1, 0.15) is 6.42 Å². The van der Waals surface area contributed by atoms with Gasteiger partial charge in [-0.1, -0.05) is 18.2 Å². The van der Waals surface area contributed by atoms with Gasteiger partial charge in [0.15, 0.2) is 0 Å². The second kappa shape index (κ2) is 5.72. The Labute approximate surface area is 92.2 Å². The van der Waals surface area contributed by atoms with Gasteiger partial charge in [-0.3, -0.25) is 4.79 Å². The van der Waals surface area contributed by atoms with Gasteiger partial charge in [0.1, 0.15) is 5.75 Å². The lowest BCUT2D eigenvalue weighted by Crippen LogP contribution is -2.40. The highest BCUT2D eigenvalue weighted by Gasteiger charge is 2.12. The number of hydrogen-bond donors (Lipinski definition) is 2. The molecule has 0 atom stereocenters. The van der Waals surface area contributed by atoms with Gasteiger partial charge < -0.3 is 9.84 Å². The Balaban J connectivity index is 2.43. The molecule has 0 radical (unpaired) electrons. The summed E-state index contributed by atoms with van der Waals surface area (Å²) < 4.78 is 4.88. The largest absolute Gasteiger partial charge is 0.481 e. The standard InChI is InChI=1S/C10H12N2O4/c11-12(7-6-9(13)14)10(15)16-8-4-2-1-3-5-8/h1-5H,6-7,11H2,(H,13,14). The number of hydrogen-bond acceptors (Lipinski definition) is 4. The number of carboxylic acid groups (broad SMARTS) is 1. The van der Waals surface area contributed by atoms with E-state index in [2.05, 4.69) is 0 Å². The van der Waals surface area contributed by atoms with Crippen LogP contribution in [0.3, 0.4) is 0 Å². The molecule has 1 rings (SSSR count). The fourth-order valence-electron chi connectivity index (χ4n) is 0.955. The SMILES string of the molecule is NN(CCC(=O)O)C(=O)Oc1ccccc1. The molecule has 0 aromatic heterocycles. The van der Waals surface area contributed by atoms with Crippen LogP contribution in [0.2, 0.25) is 0 Å². The maximum Gasteiger partial charge on any atom is 0.429 e. The van der Waals surface area contributed by atoms with E-state index in [0.29, 0.717) is 5.75 Å². The molecular weight excluding hydrogens is 212 g/mol. The van der Waals surface area contributed by atoms with Gasteiger partial charge in [-0.2, -0.15) is 0 Å². The summed E-state index contributed by atoms with van der Waals surface area (Å²) in [5.74, 6) is 4.64. The van der Waals surface area contributed by atoms with Gasteiger partial charge in [-0.15, -0.1) is 0 Å². The zero-order valence-corrected chi connectivity index (χ0v) is 8.50. The van der Waals surface area contributed by atoms with Crippen LogP contribution < -0.4 is 10.6 Å². The van der Waals surface area contributed by atoms with E-state index >= 15 is 0 Å². The van der Waals surface area contributed by atoms with Crippen molar-refractivity contribution in [2.24, 2.45) is 5.84 Å². The summed E-state index contributed by atoms with van der Waals surface area (Å²) in [5, 5.41) is 9.12. The molecule has 0 fully saturated rings. The second-order valence-electron chi connectivity index (χ2n) is 3.02. The maximum absolute atomic E-state index is 11.3. The number of ether oxygens (including phenoxy) is 1. The Bertz CT molecular complexity index is 366. The Morgan fingerprint density at radius 3 is 2.50 bits per heavy atom. The molecular formula is C10H12N2O4. The van der Waals surface area contributed by atoms with Crippen LogP contribution in [0.25, 0.3) is 0 Å². The molecule has 0 spiro atoms. The molecule has 0 aliphatic rings. The number of carbonyl (C=O) groups is 2. The van der Waals surface area contributed by atoms with Crippen molar-refractivity contribution in [3.63, 3.8) is 0 Å². The quantitative estimate of drug-likeness (QED) is 0.449. The number of hydrazine groups is 1. The molecule has 0 unspecified atom stereocenters. The highest BCUT2D eigenvalue weighted by molar-refractivity contribution is 5.71. The Morgan fingerprint density at radius 1 is 1.31 bits per heavy atom. The Morgan fingerprint density at radius 2 is 1.94 bits per heavy atom. The Kier molecular flexibility index (Phi) is 4.28. The molecule has 1 aromatic carbocycles. The van der Waals surface area contributed by atoms with Gasteiger partial charge in [0, 0.05) is 0 Å². The van der Waals surface area contributed by atoms with Crippen molar-refractivity contribution >= 4 is 12.1 Å². The van der Waals surface area contributed by atoms with E-state index in [1.165, 1.54) is 0 Å². The molecule has 6 heteroatoms. The number of amides is 1. The topological polar surface area (TPSA) is 92.9 Å². The van der Waals surface area contributed by atoms with Crippen molar-refractivity contribution in [1.82, 2.24) is 5.01 Å². The molecule has 0 saturated heterocycles. The molecule has 0 aliphatic heterocycles. The minimum absolute atomic E-state index is 0.0962. The van der Waals surface area contributed by atoms with E-state index < -0.39 is 12.1 Å². The van der Waals surface area contributed by atoms with Crippen LogP contribution in [0.5, 0.6) is 5.75 Å². The van der Waals surface area contributed by atoms with Crippen molar-refractivity contribution in [2.75, 3.05) is 6.54 Å². The third kappa shape index (κ3) is 3.97. The monoisotopic (exact) mass is 224 g/mol. The number of para-hydroxylation sites is 1. The molecule has 6 nitrogen and oxygen atoms in total. The lowest BCUT2D eigenvalue weighted by Gasteiger charge is -2.14. The van der Waals surface area contributed by atoms with E-state index in [1.54, 1.807) is 30.3 Å². The number of nitrogens with zero attached hydrogens (tertiary/aromatic N) is 1. The van der Waals surface area contributed by atoms with Crippen LogP contribution in [-0.2, 0) is 4.79 Å². The molecule has 16 heavy (non-hydrogen) atoms. The molecule has 1 amide bonds. The summed E-state index contributed by atoms with van der Waals surface area (Å²) in [6.07, 6.45) is -1.01. The number of carbonyl (C=O) groups excluding carboxylic acids is 1. The van der Waals surface area contributed by atoms with Crippen molar-refractivity contribution in [3.8, 4) is 5.75 Å². The lowest BCUT2D eigenvalue weighted by molar-refractivity contribution is -0.137. The summed E-state index contributed by atoms with van der Waals surface area (Å²) in [4.78, 5) is 21.6. The van der Waals surface area contributed by atoms with Crippen LogP contribution in [0.4, 0.5) is 4.79 Å². The summed E-state index contributed by atoms with van der Waals surface area (Å²) >= 11 is 0. The van der Waals surface area contributed by atoms with Crippen LogP contribution in [0, 0.1) is 0 Å². The molecule has 0 bridgehead atoms. The highest BCUT2D eigenvalue weighted by atomic mass is 16.6. The zero-order chi connectivity index (χ0) is 12.0. The number of rotatable bonds is 4. The zero-order valence-electron chi connectivity index (χ0n) is 8.50. The van der Waals surface area contributed by atoms with Crippen molar-refractivity contribution in [3.05, 3.63) is 30.3 Å². The van der Waals surface area contributed by atoms with E-state index in [1.807, 2.05) is 0 Å². The fourth-order valence-corrected chi connectivity index (χ4v) is 0.955. The lowest BCUT2D eigenvalue weighted by atomic mass is 10.3. The van der Waals surface area contributed by atoms with Crippen LogP contribution in [0.15, 0.2) is 30.3 Å². The predicted molar refractivity (Wildman–Crippen MR) is 55.6 cm³/mol. The molecule has 0 saturated carbocycles. The number of carboxylic acids is 1. The summed E-state index contributed by atoms with van der Waals surface area (Å²) in [5.41, 5.74) is 0. The van der Waals surface area contributed by atoms with Crippen LogP contribution >= 0.6 is 0 Å². The van der Waals surface area contributed by atoms with Gasteiger partial charge in [0.25, 0.3) is 0 Å². The number of nitrogens with two attached hydrogens (primary N) is 1. The highest BCUT2D eigenvalue weighted by Crippen LogP contribution is 2.09. The minimum atomic E-state index is -1.03. The van der Waals surface area contributed by atoms with Gasteiger partial charge in [-0.05, 0) is 12.1 Å². The maximum atomic E-state index is 11.3. The van der Waals surface area contributed by atoms with Gasteiger partial charge in [0.05, 0.1) is 13.0 Å². The first-order valence-electron chi connectivity index (χ1n) is 4.60. The molecule has 86 valence electrons. The van der Waals surface area contributed by atoms with Gasteiger partial charge >= 0.3 is 12.1 Å². The first-order chi connectivity index (χ1) is 7.59. The summed E-state index contributed by atoms with van der Waals surface area (Å²) in [6.45, 7) is -0.0962. The first-order valence-corrected chi connectivity index (χ1v) is 4.60. The third-order valence-corrected chi connectivity index (χ3v) is 1.75. The van der Waals surface area contributed by atoms with Gasteiger partial charge in [-0.25, -0.2) is 15.6 Å². The van der Waals surface area contributed by atoms with E-state index in [-0.39, 0.29) is 13.0 Å². The third-order valence-electron chi connectivity index (χ3n) is 1.75. The molecule has 1 aromatic rings. The smallest absolute Gasteiger partial charge is 0.429 e. The first kappa shape index (κ1) is 12.0. The minimum Gasteiger partial charge on any atom is -0.481 e. The Hall–Kier alpha value is -2.08.